The highest BCUT2D eigenvalue weighted by molar-refractivity contribution is 5.85. The van der Waals surface area contributed by atoms with E-state index in [1.54, 1.807) is 6.92 Å². The summed E-state index contributed by atoms with van der Waals surface area (Å²) in [5.74, 6) is 1.31. The molecule has 0 N–H and O–H groups in total. The van der Waals surface area contributed by atoms with E-state index in [1.165, 1.54) is 0 Å². The maximum Gasteiger partial charge on any atom is 0.233 e. The Bertz CT molecular complexity index is 648. The van der Waals surface area contributed by atoms with Crippen molar-refractivity contribution in [1.29, 1.82) is 0 Å². The van der Waals surface area contributed by atoms with Crippen molar-refractivity contribution < 1.29 is 18.8 Å². The number of aromatic nitrogens is 2. The molecule has 23 heavy (non-hydrogen) atoms. The number of nitrogens with zero attached hydrogens (tertiary/aromatic N) is 4. The third kappa shape index (κ3) is 2.32. The Hall–Kier alpha value is -1.96. The summed E-state index contributed by atoms with van der Waals surface area (Å²) in [4.78, 5) is 32.5. The predicted octanol–water partition coefficient (Wildman–Crippen LogP) is -0.0588. The average Bonchev–Trinajstić information content (AvgIpc) is 3.01. The molecule has 3 aliphatic rings. The summed E-state index contributed by atoms with van der Waals surface area (Å²) in [7, 11) is 0. The minimum Gasteiger partial charge on any atom is -0.379 e. The van der Waals surface area contributed by atoms with Gasteiger partial charge in [-0.1, -0.05) is 5.16 Å². The van der Waals surface area contributed by atoms with E-state index in [0.717, 1.165) is 0 Å². The van der Waals surface area contributed by atoms with Crippen molar-refractivity contribution in [3.63, 3.8) is 0 Å². The van der Waals surface area contributed by atoms with Gasteiger partial charge >= 0.3 is 0 Å². The van der Waals surface area contributed by atoms with Crippen LogP contribution in [-0.4, -0.2) is 70.6 Å². The molecular weight excluding hydrogens is 300 g/mol. The Morgan fingerprint density at radius 1 is 1.30 bits per heavy atom. The lowest BCUT2D eigenvalue weighted by atomic mass is 9.85. The van der Waals surface area contributed by atoms with Gasteiger partial charge < -0.3 is 19.1 Å². The summed E-state index contributed by atoms with van der Waals surface area (Å²) in [5, 5.41) is 3.79. The Labute approximate surface area is 133 Å². The van der Waals surface area contributed by atoms with Crippen molar-refractivity contribution in [1.82, 2.24) is 19.9 Å². The summed E-state index contributed by atoms with van der Waals surface area (Å²) < 4.78 is 10.3. The third-order valence-electron chi connectivity index (χ3n) is 5.00. The van der Waals surface area contributed by atoms with Crippen LogP contribution < -0.4 is 0 Å². The highest BCUT2D eigenvalue weighted by Gasteiger charge is 2.49. The molecular formula is C15H20N4O4. The molecule has 0 bridgehead atoms. The molecule has 4 rings (SSSR count). The molecule has 0 aromatic carbocycles. The number of hydrogen-bond donors (Lipinski definition) is 0. The maximum absolute atomic E-state index is 12.4. The van der Waals surface area contributed by atoms with Gasteiger partial charge in [-0.3, -0.25) is 9.59 Å². The van der Waals surface area contributed by atoms with Crippen molar-refractivity contribution >= 4 is 11.8 Å². The maximum atomic E-state index is 12.4. The van der Waals surface area contributed by atoms with Gasteiger partial charge in [0.1, 0.15) is 0 Å². The molecule has 1 unspecified atom stereocenters. The molecule has 2 amide bonds. The number of aryl methyl sites for hydroxylation is 1. The van der Waals surface area contributed by atoms with E-state index in [4.69, 9.17) is 9.26 Å². The number of likely N-dealkylation sites (tertiary alicyclic amines) is 2. The van der Waals surface area contributed by atoms with Crippen molar-refractivity contribution in [2.75, 3.05) is 32.8 Å². The second-order valence-electron chi connectivity index (χ2n) is 7.04. The Balaban J connectivity index is 1.35. The molecule has 0 spiro atoms. The molecule has 3 saturated heterocycles. The molecule has 0 aliphatic carbocycles. The van der Waals surface area contributed by atoms with Crippen LogP contribution in [0.15, 0.2) is 4.52 Å². The van der Waals surface area contributed by atoms with E-state index in [0.29, 0.717) is 51.0 Å². The molecule has 8 nitrogen and oxygen atoms in total. The van der Waals surface area contributed by atoms with Crippen molar-refractivity contribution in [2.45, 2.75) is 32.2 Å². The standard InChI is InChI=1S/C15H20N4O4/c1-9-16-13(23-17-9)10-3-12(20)19(4-10)11-5-18(6-11)14(21)15(2)7-22-8-15/h10-11H,3-8H2,1-2H3. The summed E-state index contributed by atoms with van der Waals surface area (Å²) in [6, 6.07) is 0.102. The van der Waals surface area contributed by atoms with E-state index in [1.807, 2.05) is 16.7 Å². The second kappa shape index (κ2) is 5.02. The van der Waals surface area contributed by atoms with E-state index in [2.05, 4.69) is 10.1 Å². The third-order valence-corrected chi connectivity index (χ3v) is 5.00. The molecule has 0 radical (unpaired) electrons. The number of carbonyl (C=O) groups excluding carboxylic acids is 2. The van der Waals surface area contributed by atoms with Crippen LogP contribution in [0.1, 0.15) is 31.0 Å². The molecule has 124 valence electrons. The van der Waals surface area contributed by atoms with Gasteiger partial charge in [0.25, 0.3) is 0 Å². The van der Waals surface area contributed by atoms with Gasteiger partial charge in [0, 0.05) is 26.1 Å². The Kier molecular flexibility index (Phi) is 3.19. The van der Waals surface area contributed by atoms with Crippen LogP contribution in [0.25, 0.3) is 0 Å². The molecule has 1 aromatic heterocycles. The topological polar surface area (TPSA) is 88.8 Å². The second-order valence-corrected chi connectivity index (χ2v) is 7.04. The number of rotatable bonds is 3. The molecule has 1 aromatic rings. The summed E-state index contributed by atoms with van der Waals surface area (Å²) in [6.07, 6.45) is 0.400. The first-order valence-corrected chi connectivity index (χ1v) is 7.93. The Morgan fingerprint density at radius 3 is 2.61 bits per heavy atom. The van der Waals surface area contributed by atoms with Gasteiger partial charge in [0.05, 0.1) is 30.6 Å². The van der Waals surface area contributed by atoms with Crippen molar-refractivity contribution in [3.8, 4) is 0 Å². The summed E-state index contributed by atoms with van der Waals surface area (Å²) in [6.45, 7) is 6.49. The van der Waals surface area contributed by atoms with Crippen LogP contribution in [0.2, 0.25) is 0 Å². The van der Waals surface area contributed by atoms with Crippen molar-refractivity contribution in [2.24, 2.45) is 5.41 Å². The number of ether oxygens (including phenoxy) is 1. The van der Waals surface area contributed by atoms with Gasteiger partial charge in [0.15, 0.2) is 5.82 Å². The molecule has 8 heteroatoms. The summed E-state index contributed by atoms with van der Waals surface area (Å²) in [5.41, 5.74) is -0.371. The molecule has 0 saturated carbocycles. The molecule has 4 heterocycles. The normalized spacial score (nSPS) is 27.0. The monoisotopic (exact) mass is 320 g/mol. The minimum absolute atomic E-state index is 0.0361. The van der Waals surface area contributed by atoms with Crippen molar-refractivity contribution in [3.05, 3.63) is 11.7 Å². The highest BCUT2D eigenvalue weighted by Crippen LogP contribution is 2.34. The molecule has 1 atom stereocenters. The zero-order chi connectivity index (χ0) is 16.2. The zero-order valence-electron chi connectivity index (χ0n) is 13.3. The van der Waals surface area contributed by atoms with E-state index in [-0.39, 0.29) is 29.2 Å². The number of amides is 2. The molecule has 3 aliphatic heterocycles. The van der Waals surface area contributed by atoms with E-state index >= 15 is 0 Å². The fraction of sp³-hybridized carbons (Fsp3) is 0.733. The first-order valence-electron chi connectivity index (χ1n) is 7.93. The zero-order valence-corrected chi connectivity index (χ0v) is 13.3. The van der Waals surface area contributed by atoms with Crippen LogP contribution >= 0.6 is 0 Å². The lowest BCUT2D eigenvalue weighted by Crippen LogP contribution is -2.66. The lowest BCUT2D eigenvalue weighted by molar-refractivity contribution is -0.176. The first kappa shape index (κ1) is 14.6. The highest BCUT2D eigenvalue weighted by atomic mass is 16.5. The van der Waals surface area contributed by atoms with Crippen LogP contribution in [0.4, 0.5) is 0 Å². The van der Waals surface area contributed by atoms with Gasteiger partial charge in [-0.15, -0.1) is 0 Å². The lowest BCUT2D eigenvalue weighted by Gasteiger charge is -2.49. The first-order chi connectivity index (χ1) is 11.0. The fourth-order valence-corrected chi connectivity index (χ4v) is 3.46. The Morgan fingerprint density at radius 2 is 2.04 bits per heavy atom. The van der Waals surface area contributed by atoms with Gasteiger partial charge in [-0.25, -0.2) is 0 Å². The van der Waals surface area contributed by atoms with Crippen LogP contribution in [0.3, 0.4) is 0 Å². The quantitative estimate of drug-likeness (QED) is 0.775. The van der Waals surface area contributed by atoms with E-state index < -0.39 is 0 Å². The van der Waals surface area contributed by atoms with Crippen LogP contribution in [-0.2, 0) is 14.3 Å². The van der Waals surface area contributed by atoms with Gasteiger partial charge in [-0.05, 0) is 13.8 Å². The average molecular weight is 320 g/mol. The molecule has 3 fully saturated rings. The predicted molar refractivity (Wildman–Crippen MR) is 77.4 cm³/mol. The SMILES string of the molecule is Cc1noc(C2CC(=O)N(C3CN(C(=O)C4(C)COC4)C3)C2)n1. The van der Waals surface area contributed by atoms with Gasteiger partial charge in [-0.2, -0.15) is 4.98 Å². The summed E-state index contributed by atoms with van der Waals surface area (Å²) >= 11 is 0. The van der Waals surface area contributed by atoms with Gasteiger partial charge in [0.2, 0.25) is 17.7 Å². The smallest absolute Gasteiger partial charge is 0.233 e. The fourth-order valence-electron chi connectivity index (χ4n) is 3.46. The number of carbonyl (C=O) groups is 2. The van der Waals surface area contributed by atoms with Crippen LogP contribution in [0.5, 0.6) is 0 Å². The number of hydrogen-bond acceptors (Lipinski definition) is 6. The largest absolute Gasteiger partial charge is 0.379 e. The van der Waals surface area contributed by atoms with E-state index in [9.17, 15) is 9.59 Å². The minimum atomic E-state index is -0.371. The van der Waals surface area contributed by atoms with Crippen LogP contribution in [0, 0.1) is 12.3 Å².